The molecule has 230 valence electrons. The zero-order valence-corrected chi connectivity index (χ0v) is 22.2. The molecule has 43 heavy (non-hydrogen) atoms. The van der Waals surface area contributed by atoms with Crippen LogP contribution in [-0.2, 0) is 26.7 Å². The smallest absolute Gasteiger partial charge is 0.382 e. The summed E-state index contributed by atoms with van der Waals surface area (Å²) in [5.74, 6) is -2.00. The van der Waals surface area contributed by atoms with Crippen LogP contribution in [-0.4, -0.2) is 47.0 Å². The molecule has 1 saturated carbocycles. The zero-order valence-electron chi connectivity index (χ0n) is 22.2. The number of nitro groups is 1. The molecule has 1 aromatic heterocycles. The molecule has 0 atom stereocenters. The molecule has 1 fully saturated rings. The van der Waals surface area contributed by atoms with E-state index in [-0.39, 0.29) is 47.7 Å². The molecule has 0 bridgehead atoms. The fourth-order valence-electron chi connectivity index (χ4n) is 4.64. The van der Waals surface area contributed by atoms with Crippen LogP contribution in [0.2, 0.25) is 0 Å². The molecule has 0 spiro atoms. The minimum absolute atomic E-state index is 0.0127. The van der Waals surface area contributed by atoms with Gasteiger partial charge in [0.2, 0.25) is 0 Å². The van der Waals surface area contributed by atoms with E-state index in [9.17, 15) is 46.0 Å². The molecule has 1 aliphatic carbocycles. The van der Waals surface area contributed by atoms with Gasteiger partial charge in [-0.25, -0.2) is 4.98 Å². The van der Waals surface area contributed by atoms with Crippen molar-refractivity contribution in [1.82, 2.24) is 10.3 Å². The Bertz CT molecular complexity index is 1510. The second-order valence-corrected chi connectivity index (χ2v) is 9.79. The first kappa shape index (κ1) is 31.5. The van der Waals surface area contributed by atoms with Crippen molar-refractivity contribution in [2.75, 3.05) is 23.8 Å². The second-order valence-electron chi connectivity index (χ2n) is 9.79. The summed E-state index contributed by atoms with van der Waals surface area (Å²) in [6, 6.07) is 8.19. The summed E-state index contributed by atoms with van der Waals surface area (Å²) < 4.78 is 84.0. The Morgan fingerprint density at radius 3 is 2.30 bits per heavy atom. The number of nitrogens with zero attached hydrogens (tertiary/aromatic N) is 2. The summed E-state index contributed by atoms with van der Waals surface area (Å²) in [6.07, 6.45) is -7.29. The van der Waals surface area contributed by atoms with E-state index >= 15 is 0 Å². The molecule has 16 heteroatoms. The largest absolute Gasteiger partial charge is 0.423 e. The highest BCUT2D eigenvalue weighted by molar-refractivity contribution is 6.39. The standard InChI is InChI=1S/C27H25F6N5O5/c28-26(29,30)16-2-8-21-15(13-16)1-10-23(36-21)37-25(40)24(39)34-11-12-43-19-6-3-17(4-7-19)35-18-5-9-22(38(41)42)20(14-18)27(31,32)33/h1-2,5,8-10,13-14,17,19,35H,3-4,6-7,11-12H2,(H,34,39)(H,36,37,40)/t17-,19-. The number of carbonyl (C=O) groups is 2. The number of fused-ring (bicyclic) bond motifs is 1. The van der Waals surface area contributed by atoms with Gasteiger partial charge >= 0.3 is 24.2 Å². The Labute approximate surface area is 239 Å². The maximum absolute atomic E-state index is 13.2. The van der Waals surface area contributed by atoms with Gasteiger partial charge in [-0.05, 0) is 68.1 Å². The van der Waals surface area contributed by atoms with Gasteiger partial charge in [0, 0.05) is 29.7 Å². The van der Waals surface area contributed by atoms with Crippen LogP contribution >= 0.6 is 0 Å². The molecule has 4 rings (SSSR count). The molecular formula is C27H25F6N5O5. The quantitative estimate of drug-likeness (QED) is 0.0979. The number of nitro benzene ring substituents is 1. The summed E-state index contributed by atoms with van der Waals surface area (Å²) in [5.41, 5.74) is -2.86. The predicted molar refractivity (Wildman–Crippen MR) is 142 cm³/mol. The van der Waals surface area contributed by atoms with Gasteiger partial charge in [-0.1, -0.05) is 0 Å². The highest BCUT2D eigenvalue weighted by Crippen LogP contribution is 2.38. The second kappa shape index (κ2) is 12.8. The van der Waals surface area contributed by atoms with Crippen molar-refractivity contribution in [2.45, 2.75) is 50.2 Å². The van der Waals surface area contributed by atoms with Crippen molar-refractivity contribution in [3.8, 4) is 0 Å². The van der Waals surface area contributed by atoms with Gasteiger partial charge in [0.15, 0.2) is 0 Å². The number of pyridine rings is 1. The number of anilines is 2. The van der Waals surface area contributed by atoms with Gasteiger partial charge < -0.3 is 20.7 Å². The van der Waals surface area contributed by atoms with Gasteiger partial charge in [0.1, 0.15) is 11.4 Å². The first-order chi connectivity index (χ1) is 20.2. The van der Waals surface area contributed by atoms with E-state index < -0.39 is 45.9 Å². The number of aromatic nitrogens is 1. The van der Waals surface area contributed by atoms with Crippen molar-refractivity contribution < 1.29 is 45.6 Å². The molecule has 3 N–H and O–H groups in total. The number of amides is 2. The average Bonchev–Trinajstić information content (AvgIpc) is 2.94. The fourth-order valence-corrected chi connectivity index (χ4v) is 4.64. The minimum atomic E-state index is -4.87. The number of hydrogen-bond acceptors (Lipinski definition) is 7. The van der Waals surface area contributed by atoms with Gasteiger partial charge in [-0.2, -0.15) is 26.3 Å². The third-order valence-electron chi connectivity index (χ3n) is 6.75. The first-order valence-corrected chi connectivity index (χ1v) is 13.0. The van der Waals surface area contributed by atoms with Gasteiger partial charge in [-0.3, -0.25) is 19.7 Å². The van der Waals surface area contributed by atoms with Crippen LogP contribution in [0.1, 0.15) is 36.8 Å². The Hall–Kier alpha value is -4.47. The van der Waals surface area contributed by atoms with E-state index in [1.54, 1.807) is 0 Å². The van der Waals surface area contributed by atoms with E-state index in [0.717, 1.165) is 30.3 Å². The lowest BCUT2D eigenvalue weighted by atomic mass is 9.92. The Kier molecular flexibility index (Phi) is 9.37. The number of rotatable bonds is 8. The van der Waals surface area contributed by atoms with Crippen LogP contribution in [0.3, 0.4) is 0 Å². The number of hydrogen-bond donors (Lipinski definition) is 3. The molecule has 2 amide bonds. The van der Waals surface area contributed by atoms with E-state index in [1.165, 1.54) is 18.2 Å². The molecule has 2 aromatic carbocycles. The van der Waals surface area contributed by atoms with Gasteiger partial charge in [-0.15, -0.1) is 0 Å². The van der Waals surface area contributed by atoms with Gasteiger partial charge in [0.25, 0.3) is 5.69 Å². The van der Waals surface area contributed by atoms with Crippen molar-refractivity contribution in [3.63, 3.8) is 0 Å². The van der Waals surface area contributed by atoms with E-state index in [4.69, 9.17) is 4.74 Å². The lowest BCUT2D eigenvalue weighted by Crippen LogP contribution is -2.38. The highest BCUT2D eigenvalue weighted by Gasteiger charge is 2.38. The number of nitrogens with one attached hydrogen (secondary N) is 3. The Morgan fingerprint density at radius 2 is 1.65 bits per heavy atom. The number of carbonyl (C=O) groups excluding carboxylic acids is 2. The molecule has 0 radical (unpaired) electrons. The molecular weight excluding hydrogens is 588 g/mol. The Morgan fingerprint density at radius 1 is 0.930 bits per heavy atom. The van der Waals surface area contributed by atoms with Crippen LogP contribution in [0.5, 0.6) is 0 Å². The van der Waals surface area contributed by atoms with Crippen LogP contribution in [0, 0.1) is 10.1 Å². The summed E-state index contributed by atoms with van der Waals surface area (Å²) in [6.45, 7) is 0.105. The SMILES string of the molecule is O=C(NCCO[C@H]1CC[C@H](Nc2ccc([N+](=O)[O-])c(C(F)(F)F)c2)CC1)C(=O)Nc1ccc2cc(C(F)(F)F)ccc2n1. The highest BCUT2D eigenvalue weighted by atomic mass is 19.4. The van der Waals surface area contributed by atoms with Crippen molar-refractivity contribution in [1.29, 1.82) is 0 Å². The zero-order chi connectivity index (χ0) is 31.4. The number of benzene rings is 2. The van der Waals surface area contributed by atoms with Crippen molar-refractivity contribution in [2.24, 2.45) is 0 Å². The predicted octanol–water partition coefficient (Wildman–Crippen LogP) is 5.68. The lowest BCUT2D eigenvalue weighted by molar-refractivity contribution is -0.388. The van der Waals surface area contributed by atoms with Crippen LogP contribution < -0.4 is 16.0 Å². The maximum Gasteiger partial charge on any atom is 0.423 e. The molecule has 0 unspecified atom stereocenters. The first-order valence-electron chi connectivity index (χ1n) is 13.0. The van der Waals surface area contributed by atoms with E-state index in [0.29, 0.717) is 25.7 Å². The van der Waals surface area contributed by atoms with Crippen LogP contribution in [0.15, 0.2) is 48.5 Å². The summed E-state index contributed by atoms with van der Waals surface area (Å²) in [4.78, 5) is 38.2. The number of halogens is 6. The third kappa shape index (κ3) is 8.30. The average molecular weight is 614 g/mol. The maximum atomic E-state index is 13.2. The third-order valence-corrected chi connectivity index (χ3v) is 6.75. The molecule has 1 heterocycles. The lowest BCUT2D eigenvalue weighted by Gasteiger charge is -2.30. The van der Waals surface area contributed by atoms with Crippen molar-refractivity contribution in [3.05, 3.63) is 69.8 Å². The van der Waals surface area contributed by atoms with E-state index in [1.807, 2.05) is 0 Å². The number of alkyl halides is 6. The number of ether oxygens (including phenoxy) is 1. The van der Waals surface area contributed by atoms with E-state index in [2.05, 4.69) is 20.9 Å². The minimum Gasteiger partial charge on any atom is -0.382 e. The van der Waals surface area contributed by atoms with Crippen molar-refractivity contribution >= 4 is 39.9 Å². The molecule has 10 nitrogen and oxygen atoms in total. The molecule has 1 aliphatic rings. The van der Waals surface area contributed by atoms with Gasteiger partial charge in [0.05, 0.1) is 28.7 Å². The van der Waals surface area contributed by atoms with Crippen LogP contribution in [0.4, 0.5) is 43.5 Å². The topological polar surface area (TPSA) is 135 Å². The monoisotopic (exact) mass is 613 g/mol. The summed E-state index contributed by atoms with van der Waals surface area (Å²) in [7, 11) is 0. The Balaban J connectivity index is 1.18. The van der Waals surface area contributed by atoms with Crippen LogP contribution in [0.25, 0.3) is 10.9 Å². The molecule has 3 aromatic rings. The summed E-state index contributed by atoms with van der Waals surface area (Å²) in [5, 5.41) is 18.8. The molecule has 0 aliphatic heterocycles. The fraction of sp³-hybridized carbons (Fsp3) is 0.370. The molecule has 0 saturated heterocycles. The normalized spacial score (nSPS) is 17.3. The summed E-state index contributed by atoms with van der Waals surface area (Å²) >= 11 is 0.